The Bertz CT molecular complexity index is 2310. The van der Waals surface area contributed by atoms with Gasteiger partial charge in [-0.05, 0) is 167 Å². The second-order valence-electron chi connectivity index (χ2n) is 17.1. The van der Waals surface area contributed by atoms with E-state index in [4.69, 9.17) is 31.8 Å². The fourth-order valence-corrected chi connectivity index (χ4v) is 8.78. The zero-order valence-electron chi connectivity index (χ0n) is 36.3. The van der Waals surface area contributed by atoms with E-state index < -0.39 is 29.4 Å². The molecule has 3 saturated carbocycles. The van der Waals surface area contributed by atoms with Crippen molar-refractivity contribution in [2.24, 2.45) is 29.6 Å². The monoisotopic (exact) mass is 844 g/mol. The fourth-order valence-electron chi connectivity index (χ4n) is 8.78. The lowest BCUT2D eigenvalue weighted by atomic mass is 9.68. The first-order valence-corrected chi connectivity index (χ1v) is 22.3. The lowest BCUT2D eigenvalue weighted by Gasteiger charge is -2.40. The van der Waals surface area contributed by atoms with Gasteiger partial charge >= 0.3 is 23.9 Å². The highest BCUT2D eigenvalue weighted by Crippen LogP contribution is 2.44. The van der Waals surface area contributed by atoms with Gasteiger partial charge in [-0.1, -0.05) is 55.9 Å². The van der Waals surface area contributed by atoms with Gasteiger partial charge in [-0.3, -0.25) is 9.59 Å². The van der Waals surface area contributed by atoms with E-state index in [0.717, 1.165) is 47.1 Å². The predicted octanol–water partition coefficient (Wildman–Crippen LogP) is 9.78. The standard InChI is InChI=1S/C55H56O8/c1-5-40-12-14-41(15-13-40)16-17-42-18-20-43(21-19-42)30-33-55(34-31-46(32-35-55)45-22-10-39(4)11-23-45)63-54(59)49-28-29-50(44(6-2)38-49)62-53(58)48-26-24-47(25-27-48)52(57)61-37-9-8-36-60-51(56)7-3/h1-2,7,12-15,18-21,28-29,38-39,45-48H,3,8-11,22-27,31-32,34-37H2,4H3. The molecule has 0 heterocycles. The van der Waals surface area contributed by atoms with Crippen molar-refractivity contribution < 1.29 is 38.1 Å². The number of benzene rings is 3. The van der Waals surface area contributed by atoms with Crippen LogP contribution in [0.25, 0.3) is 0 Å². The minimum atomic E-state index is -0.979. The largest absolute Gasteiger partial charge is 0.465 e. The predicted molar refractivity (Wildman–Crippen MR) is 242 cm³/mol. The summed E-state index contributed by atoms with van der Waals surface area (Å²) in [5.41, 5.74) is 2.86. The van der Waals surface area contributed by atoms with Gasteiger partial charge in [0.1, 0.15) is 5.75 Å². The maximum absolute atomic E-state index is 14.0. The minimum Gasteiger partial charge on any atom is -0.465 e. The Morgan fingerprint density at radius 1 is 0.667 bits per heavy atom. The molecule has 6 rings (SSSR count). The van der Waals surface area contributed by atoms with Crippen LogP contribution in [0.3, 0.4) is 0 Å². The molecule has 0 aliphatic heterocycles. The molecule has 8 heteroatoms. The van der Waals surface area contributed by atoms with Crippen LogP contribution >= 0.6 is 0 Å². The van der Waals surface area contributed by atoms with E-state index in [-0.39, 0.29) is 42.0 Å². The van der Waals surface area contributed by atoms with Crippen molar-refractivity contribution in [3.63, 3.8) is 0 Å². The molecular formula is C55H56O8. The van der Waals surface area contributed by atoms with E-state index in [1.54, 1.807) is 12.1 Å². The van der Waals surface area contributed by atoms with Crippen LogP contribution < -0.4 is 4.74 Å². The van der Waals surface area contributed by atoms with Crippen molar-refractivity contribution in [3.8, 4) is 54.1 Å². The molecule has 0 radical (unpaired) electrons. The minimum absolute atomic E-state index is 0.186. The van der Waals surface area contributed by atoms with Crippen molar-refractivity contribution in [1.29, 1.82) is 0 Å². The van der Waals surface area contributed by atoms with Gasteiger partial charge < -0.3 is 18.9 Å². The number of esters is 4. The third-order valence-electron chi connectivity index (χ3n) is 12.7. The molecule has 3 aromatic carbocycles. The molecule has 324 valence electrons. The SMILES string of the molecule is C#Cc1ccc(C#Cc2ccc(C#CC3(OC(=O)c4ccc(OC(=O)C5CCC(C(=O)OCCCCOC(=O)C=C)CC5)c(C#C)c4)CCC(C4CCC(C)CC4)CC3)cc2)cc1. The van der Waals surface area contributed by atoms with Gasteiger partial charge in [0.15, 0.2) is 5.60 Å². The molecule has 3 fully saturated rings. The summed E-state index contributed by atoms with van der Waals surface area (Å²) in [6.45, 7) is 6.16. The quantitative estimate of drug-likeness (QED) is 0.0444. The van der Waals surface area contributed by atoms with Crippen LogP contribution in [0, 0.1) is 78.0 Å². The molecule has 0 amide bonds. The summed E-state index contributed by atoms with van der Waals surface area (Å²) >= 11 is 0. The third kappa shape index (κ3) is 13.3. The van der Waals surface area contributed by atoms with Gasteiger partial charge in [-0.2, -0.15) is 0 Å². The van der Waals surface area contributed by atoms with Crippen LogP contribution in [-0.4, -0.2) is 42.7 Å². The van der Waals surface area contributed by atoms with Crippen LogP contribution in [0.5, 0.6) is 5.75 Å². The molecule has 0 atom stereocenters. The zero-order chi connectivity index (χ0) is 44.6. The zero-order valence-corrected chi connectivity index (χ0v) is 36.3. The van der Waals surface area contributed by atoms with Crippen molar-refractivity contribution in [2.45, 2.75) is 102 Å². The first kappa shape index (κ1) is 46.0. The molecule has 0 aromatic heterocycles. The maximum Gasteiger partial charge on any atom is 0.339 e. The Kier molecular flexibility index (Phi) is 16.5. The van der Waals surface area contributed by atoms with Gasteiger partial charge in [0.25, 0.3) is 0 Å². The van der Waals surface area contributed by atoms with Gasteiger partial charge in [0.05, 0.1) is 36.2 Å². The van der Waals surface area contributed by atoms with E-state index in [1.807, 2.05) is 48.5 Å². The molecule has 0 unspecified atom stereocenters. The van der Waals surface area contributed by atoms with Crippen molar-refractivity contribution in [3.05, 3.63) is 113 Å². The number of terminal acetylenes is 2. The van der Waals surface area contributed by atoms with Crippen LogP contribution in [0.1, 0.15) is 135 Å². The molecule has 0 saturated heterocycles. The average Bonchev–Trinajstić information content (AvgIpc) is 3.32. The molecule has 0 bridgehead atoms. The molecule has 3 aliphatic rings. The Labute approximate surface area is 372 Å². The summed E-state index contributed by atoms with van der Waals surface area (Å²) in [5, 5.41) is 0. The number of hydrogen-bond acceptors (Lipinski definition) is 8. The van der Waals surface area contributed by atoms with E-state index in [0.29, 0.717) is 63.2 Å². The molecule has 63 heavy (non-hydrogen) atoms. The summed E-state index contributed by atoms with van der Waals surface area (Å²) in [6.07, 6.45) is 23.7. The first-order chi connectivity index (χ1) is 30.6. The molecule has 3 aliphatic carbocycles. The maximum atomic E-state index is 14.0. The van der Waals surface area contributed by atoms with Gasteiger partial charge in [0.2, 0.25) is 0 Å². The van der Waals surface area contributed by atoms with Gasteiger partial charge in [-0.25, -0.2) is 9.59 Å². The number of unbranched alkanes of at least 4 members (excludes halogenated alkanes) is 1. The molecule has 0 spiro atoms. The van der Waals surface area contributed by atoms with E-state index >= 15 is 0 Å². The van der Waals surface area contributed by atoms with Crippen molar-refractivity contribution in [1.82, 2.24) is 0 Å². The smallest absolute Gasteiger partial charge is 0.339 e. The number of ether oxygens (including phenoxy) is 4. The second kappa shape index (κ2) is 22.6. The second-order valence-corrected chi connectivity index (χ2v) is 17.1. The van der Waals surface area contributed by atoms with Gasteiger partial charge in [-0.15, -0.1) is 12.8 Å². The normalized spacial score (nSPS) is 22.7. The first-order valence-electron chi connectivity index (χ1n) is 22.3. The van der Waals surface area contributed by atoms with E-state index in [2.05, 4.69) is 49.0 Å². The van der Waals surface area contributed by atoms with Gasteiger partial charge in [0, 0.05) is 28.3 Å². The Morgan fingerprint density at radius 2 is 1.21 bits per heavy atom. The number of carbonyl (C=O) groups is 4. The number of hydrogen-bond donors (Lipinski definition) is 0. The Balaban J connectivity index is 1.07. The van der Waals surface area contributed by atoms with Crippen LogP contribution in [-0.2, 0) is 28.6 Å². The number of carbonyl (C=O) groups excluding carboxylic acids is 4. The molecule has 0 N–H and O–H groups in total. The average molecular weight is 845 g/mol. The van der Waals surface area contributed by atoms with Crippen molar-refractivity contribution in [2.75, 3.05) is 13.2 Å². The lowest BCUT2D eigenvalue weighted by Crippen LogP contribution is -2.39. The highest BCUT2D eigenvalue weighted by atomic mass is 16.6. The summed E-state index contributed by atoms with van der Waals surface area (Å²) in [5.74, 6) is 18.1. The van der Waals surface area contributed by atoms with Crippen LogP contribution in [0.2, 0.25) is 0 Å². The Hall–Kier alpha value is -6.48. The fraction of sp³-hybridized carbons (Fsp3) is 0.418. The van der Waals surface area contributed by atoms with Crippen molar-refractivity contribution >= 4 is 23.9 Å². The third-order valence-corrected chi connectivity index (χ3v) is 12.7. The molecule has 8 nitrogen and oxygen atoms in total. The highest BCUT2D eigenvalue weighted by Gasteiger charge is 2.40. The van der Waals surface area contributed by atoms with Crippen LogP contribution in [0.4, 0.5) is 0 Å². The van der Waals surface area contributed by atoms with Crippen LogP contribution in [0.15, 0.2) is 79.4 Å². The van der Waals surface area contributed by atoms with E-state index in [1.165, 1.54) is 31.7 Å². The highest BCUT2D eigenvalue weighted by molar-refractivity contribution is 5.91. The van der Waals surface area contributed by atoms with E-state index in [9.17, 15) is 19.2 Å². The topological polar surface area (TPSA) is 105 Å². The summed E-state index contributed by atoms with van der Waals surface area (Å²) in [7, 11) is 0. The summed E-state index contributed by atoms with van der Waals surface area (Å²) in [6, 6.07) is 19.9. The summed E-state index contributed by atoms with van der Waals surface area (Å²) < 4.78 is 22.5. The molecule has 3 aromatic rings. The Morgan fingerprint density at radius 3 is 1.78 bits per heavy atom. The lowest BCUT2D eigenvalue weighted by molar-refractivity contribution is -0.152. The molecular weight excluding hydrogens is 789 g/mol. The summed E-state index contributed by atoms with van der Waals surface area (Å²) in [4.78, 5) is 51.0. The number of rotatable bonds is 12.